The quantitative estimate of drug-likeness (QED) is 0.391. The van der Waals surface area contributed by atoms with Crippen LogP contribution in [0.5, 0.6) is 28.7 Å². The van der Waals surface area contributed by atoms with E-state index in [2.05, 4.69) is 5.32 Å². The van der Waals surface area contributed by atoms with Crippen LogP contribution in [0.15, 0.2) is 54.6 Å². The molecule has 8 bridgehead atoms. The van der Waals surface area contributed by atoms with Crippen molar-refractivity contribution in [3.63, 3.8) is 0 Å². The molecular formula is C34H38N2O6. The minimum absolute atomic E-state index is 0.113. The number of methoxy groups -OCH3 is 1. The fourth-order valence-corrected chi connectivity index (χ4v) is 6.49. The average Bonchev–Trinajstić information content (AvgIpc) is 3.53. The lowest BCUT2D eigenvalue weighted by Crippen LogP contribution is -2.40. The Bertz CT molecular complexity index is 1460. The minimum Gasteiger partial charge on any atom is -0.507 e. The van der Waals surface area contributed by atoms with Gasteiger partial charge in [0.05, 0.1) is 25.3 Å². The molecule has 3 heterocycles. The molecule has 1 saturated carbocycles. The maximum atomic E-state index is 13.8. The second kappa shape index (κ2) is 12.3. The summed E-state index contributed by atoms with van der Waals surface area (Å²) in [7, 11) is 1.61. The predicted octanol–water partition coefficient (Wildman–Crippen LogP) is 6.15. The van der Waals surface area contributed by atoms with Crippen LogP contribution >= 0.6 is 0 Å². The van der Waals surface area contributed by atoms with Crippen LogP contribution in [0, 0.1) is 5.92 Å². The van der Waals surface area contributed by atoms with Gasteiger partial charge in [-0.05, 0) is 84.3 Å². The predicted molar refractivity (Wildman–Crippen MR) is 159 cm³/mol. The molecule has 0 spiro atoms. The van der Waals surface area contributed by atoms with Gasteiger partial charge in [0.25, 0.3) is 5.91 Å². The summed E-state index contributed by atoms with van der Waals surface area (Å²) >= 11 is 0. The summed E-state index contributed by atoms with van der Waals surface area (Å²) in [5.74, 6) is 2.63. The van der Waals surface area contributed by atoms with Gasteiger partial charge in [-0.25, -0.2) is 0 Å². The van der Waals surface area contributed by atoms with E-state index >= 15 is 0 Å². The zero-order valence-electron chi connectivity index (χ0n) is 24.1. The molecule has 2 N–H and O–H groups in total. The van der Waals surface area contributed by atoms with Crippen LogP contribution in [-0.4, -0.2) is 48.6 Å². The Balaban J connectivity index is 1.38. The maximum Gasteiger partial charge on any atom is 0.255 e. The van der Waals surface area contributed by atoms with Crippen molar-refractivity contribution in [3.8, 4) is 28.7 Å². The van der Waals surface area contributed by atoms with Crippen LogP contribution in [0.1, 0.15) is 78.0 Å². The van der Waals surface area contributed by atoms with E-state index in [-0.39, 0.29) is 29.2 Å². The first-order chi connectivity index (χ1) is 20.5. The van der Waals surface area contributed by atoms with Crippen molar-refractivity contribution in [1.29, 1.82) is 0 Å². The van der Waals surface area contributed by atoms with Crippen LogP contribution in [-0.2, 0) is 11.2 Å². The standard InChI is InChI=1S/C34H38N2O6/c1-40-30-13-8-24-20-31(30)41-18-4-16-35-34(39)28-21-26(10-12-29(28)37)42-25-9-11-27-23(19-25)15-17-36(33(24)27)32(38)14-7-22-5-2-3-6-22/h8-13,19-22,33,37H,2-7,14-18H2,1H3,(H,35,39). The molecular weight excluding hydrogens is 532 g/mol. The first-order valence-electron chi connectivity index (χ1n) is 15.0. The van der Waals surface area contributed by atoms with Crippen molar-refractivity contribution in [3.05, 3.63) is 76.9 Å². The van der Waals surface area contributed by atoms with Crippen molar-refractivity contribution in [1.82, 2.24) is 10.2 Å². The van der Waals surface area contributed by atoms with E-state index < -0.39 is 0 Å². The number of rotatable bonds is 4. The Hall–Kier alpha value is -4.20. The highest BCUT2D eigenvalue weighted by Crippen LogP contribution is 2.41. The van der Waals surface area contributed by atoms with Gasteiger partial charge in [0, 0.05) is 19.5 Å². The van der Waals surface area contributed by atoms with E-state index in [1.54, 1.807) is 19.2 Å². The largest absolute Gasteiger partial charge is 0.507 e. The SMILES string of the molecule is COc1ccc2cc1OCCCNC(=O)c1cc(ccc1O)Oc1ccc3c(c1)CCN(C(=O)CCC1CCCC1)C23. The molecule has 2 amide bonds. The van der Waals surface area contributed by atoms with Gasteiger partial charge in [0.2, 0.25) is 5.91 Å². The number of carbonyl (C=O) groups is 2. The Morgan fingerprint density at radius 3 is 2.69 bits per heavy atom. The van der Waals surface area contributed by atoms with Gasteiger partial charge in [0.15, 0.2) is 11.5 Å². The lowest BCUT2D eigenvalue weighted by Gasteiger charge is -2.38. The summed E-state index contributed by atoms with van der Waals surface area (Å²) in [6.45, 7) is 1.32. The summed E-state index contributed by atoms with van der Waals surface area (Å²) in [4.78, 5) is 28.6. The number of fused-ring (bicyclic) bond motifs is 6. The third-order valence-corrected chi connectivity index (χ3v) is 8.72. The van der Waals surface area contributed by atoms with Crippen molar-refractivity contribution in [2.75, 3.05) is 26.8 Å². The van der Waals surface area contributed by atoms with Crippen LogP contribution in [0.3, 0.4) is 0 Å². The van der Waals surface area contributed by atoms with Gasteiger partial charge in [-0.3, -0.25) is 9.59 Å². The number of benzene rings is 3. The van der Waals surface area contributed by atoms with Crippen molar-refractivity contribution < 1.29 is 28.9 Å². The molecule has 0 radical (unpaired) electrons. The smallest absolute Gasteiger partial charge is 0.255 e. The number of phenolic OH excluding ortho intramolecular Hbond substituents is 1. The molecule has 0 aromatic heterocycles. The molecule has 0 saturated heterocycles. The molecule has 3 aromatic rings. The Morgan fingerprint density at radius 2 is 1.86 bits per heavy atom. The fraction of sp³-hybridized carbons (Fsp3) is 0.412. The highest BCUT2D eigenvalue weighted by molar-refractivity contribution is 5.97. The Labute approximate surface area is 246 Å². The van der Waals surface area contributed by atoms with Crippen molar-refractivity contribution >= 4 is 11.8 Å². The van der Waals surface area contributed by atoms with E-state index in [0.29, 0.717) is 67.9 Å². The third kappa shape index (κ3) is 5.89. The van der Waals surface area contributed by atoms with Gasteiger partial charge in [0.1, 0.15) is 17.2 Å². The number of aromatic hydroxyl groups is 1. The first-order valence-corrected chi connectivity index (χ1v) is 15.0. The van der Waals surface area contributed by atoms with Crippen molar-refractivity contribution in [2.45, 2.75) is 57.4 Å². The molecule has 1 fully saturated rings. The molecule has 7 rings (SSSR count). The molecule has 1 atom stereocenters. The lowest BCUT2D eigenvalue weighted by atomic mass is 9.87. The first kappa shape index (κ1) is 27.9. The number of phenols is 1. The summed E-state index contributed by atoms with van der Waals surface area (Å²) in [6.07, 6.45) is 7.78. The molecule has 1 unspecified atom stereocenters. The third-order valence-electron chi connectivity index (χ3n) is 8.72. The zero-order valence-corrected chi connectivity index (χ0v) is 24.1. The number of nitrogens with one attached hydrogen (secondary N) is 1. The molecule has 1 aliphatic carbocycles. The summed E-state index contributed by atoms with van der Waals surface area (Å²) in [5.41, 5.74) is 3.28. The Kier molecular flexibility index (Phi) is 8.22. The highest BCUT2D eigenvalue weighted by Gasteiger charge is 2.33. The number of hydrogen-bond acceptors (Lipinski definition) is 6. The lowest BCUT2D eigenvalue weighted by molar-refractivity contribution is -0.133. The van der Waals surface area contributed by atoms with Crippen LogP contribution < -0.4 is 19.5 Å². The van der Waals surface area contributed by atoms with E-state index in [1.165, 1.54) is 31.7 Å². The average molecular weight is 571 g/mol. The van der Waals surface area contributed by atoms with Gasteiger partial charge < -0.3 is 29.5 Å². The maximum absolute atomic E-state index is 13.8. The van der Waals surface area contributed by atoms with Gasteiger partial charge in [-0.1, -0.05) is 37.8 Å². The van der Waals surface area contributed by atoms with Crippen LogP contribution in [0.4, 0.5) is 0 Å². The molecule has 8 heteroatoms. The fourth-order valence-electron chi connectivity index (χ4n) is 6.49. The topological polar surface area (TPSA) is 97.3 Å². The number of nitrogens with zero attached hydrogens (tertiary/aromatic N) is 1. The van der Waals surface area contributed by atoms with Gasteiger partial charge in [-0.2, -0.15) is 0 Å². The summed E-state index contributed by atoms with van der Waals surface area (Å²) in [6, 6.07) is 16.2. The Morgan fingerprint density at radius 1 is 1.05 bits per heavy atom. The minimum atomic E-state index is -0.385. The normalized spacial score (nSPS) is 18.8. The second-order valence-electron chi connectivity index (χ2n) is 11.4. The monoisotopic (exact) mass is 570 g/mol. The molecule has 3 aliphatic heterocycles. The van der Waals surface area contributed by atoms with E-state index in [4.69, 9.17) is 14.2 Å². The van der Waals surface area contributed by atoms with Gasteiger partial charge >= 0.3 is 0 Å². The second-order valence-corrected chi connectivity index (χ2v) is 11.4. The summed E-state index contributed by atoms with van der Waals surface area (Å²) < 4.78 is 17.9. The number of hydrogen-bond donors (Lipinski definition) is 2. The van der Waals surface area contributed by atoms with Gasteiger partial charge in [-0.15, -0.1) is 0 Å². The molecule has 8 nitrogen and oxygen atoms in total. The van der Waals surface area contributed by atoms with E-state index in [1.807, 2.05) is 41.3 Å². The van der Waals surface area contributed by atoms with Crippen LogP contribution in [0.25, 0.3) is 0 Å². The van der Waals surface area contributed by atoms with E-state index in [9.17, 15) is 14.7 Å². The molecule has 3 aromatic carbocycles. The number of ether oxygens (including phenoxy) is 3. The summed E-state index contributed by atoms with van der Waals surface area (Å²) in [5, 5.41) is 13.2. The van der Waals surface area contributed by atoms with Crippen molar-refractivity contribution in [2.24, 2.45) is 5.92 Å². The number of amides is 2. The molecule has 4 aliphatic rings. The molecule has 220 valence electrons. The van der Waals surface area contributed by atoms with E-state index in [0.717, 1.165) is 23.1 Å². The van der Waals surface area contributed by atoms with Crippen LogP contribution in [0.2, 0.25) is 0 Å². The molecule has 42 heavy (non-hydrogen) atoms. The zero-order chi connectivity index (χ0) is 29.1. The number of carbonyl (C=O) groups excluding carboxylic acids is 2. The highest BCUT2D eigenvalue weighted by atomic mass is 16.5.